The molecular weight excluding hydrogens is 289 g/mol. The number of methoxy groups -OCH3 is 1. The van der Waals surface area contributed by atoms with Gasteiger partial charge in [-0.05, 0) is 19.4 Å². The molecule has 0 fully saturated rings. The standard InChI is InChI=1S/C12H13ClFN3O3/c1-6-5-15-12(13)10(14)11(6)17-7(2)16-8(18)4-9(19)20-3/h5H,4H2,1-3H3,(H,15,16,17,18). The number of pyridine rings is 1. The predicted octanol–water partition coefficient (Wildman–Crippen LogP) is 1.91. The highest BCUT2D eigenvalue weighted by atomic mass is 35.5. The van der Waals surface area contributed by atoms with Gasteiger partial charge in [0.15, 0.2) is 11.0 Å². The molecule has 0 aromatic carbocycles. The summed E-state index contributed by atoms with van der Waals surface area (Å²) in [7, 11) is 1.17. The van der Waals surface area contributed by atoms with Crippen molar-refractivity contribution in [2.45, 2.75) is 20.3 Å². The molecule has 8 heteroatoms. The molecule has 1 aromatic heterocycles. The molecule has 0 bridgehead atoms. The number of ether oxygens (including phenoxy) is 1. The van der Waals surface area contributed by atoms with E-state index in [1.54, 1.807) is 6.92 Å². The second-order valence-corrected chi connectivity index (χ2v) is 4.25. The number of carbonyl (C=O) groups is 2. The summed E-state index contributed by atoms with van der Waals surface area (Å²) < 4.78 is 18.1. The third-order valence-electron chi connectivity index (χ3n) is 2.27. The van der Waals surface area contributed by atoms with Crippen molar-refractivity contribution in [3.05, 3.63) is 22.7 Å². The SMILES string of the molecule is COC(=O)CC(=O)NC(C)=Nc1c(C)cnc(Cl)c1F. The first kappa shape index (κ1) is 16.0. The lowest BCUT2D eigenvalue weighted by atomic mass is 10.2. The van der Waals surface area contributed by atoms with Crippen LogP contribution in [0.4, 0.5) is 10.1 Å². The van der Waals surface area contributed by atoms with Gasteiger partial charge in [-0.1, -0.05) is 11.6 Å². The molecule has 1 N–H and O–H groups in total. The van der Waals surface area contributed by atoms with Gasteiger partial charge in [-0.2, -0.15) is 0 Å². The van der Waals surface area contributed by atoms with Crippen LogP contribution >= 0.6 is 11.6 Å². The monoisotopic (exact) mass is 301 g/mol. The summed E-state index contributed by atoms with van der Waals surface area (Å²) in [6, 6.07) is 0. The van der Waals surface area contributed by atoms with Gasteiger partial charge < -0.3 is 10.1 Å². The average molecular weight is 302 g/mol. The first-order chi connectivity index (χ1) is 9.35. The lowest BCUT2D eigenvalue weighted by molar-refractivity contribution is -0.143. The molecule has 0 radical (unpaired) electrons. The summed E-state index contributed by atoms with van der Waals surface area (Å²) in [5.74, 6) is -1.92. The summed E-state index contributed by atoms with van der Waals surface area (Å²) in [5, 5.41) is 2.04. The van der Waals surface area contributed by atoms with Crippen molar-refractivity contribution in [2.24, 2.45) is 4.99 Å². The smallest absolute Gasteiger partial charge is 0.315 e. The zero-order valence-electron chi connectivity index (χ0n) is 11.2. The number of amidine groups is 1. The zero-order chi connectivity index (χ0) is 15.3. The zero-order valence-corrected chi connectivity index (χ0v) is 11.9. The number of aryl methyl sites for hydroxylation is 1. The lowest BCUT2D eigenvalue weighted by Crippen LogP contribution is -2.30. The van der Waals surface area contributed by atoms with Crippen molar-refractivity contribution < 1.29 is 18.7 Å². The van der Waals surface area contributed by atoms with Crippen LogP contribution in [0.3, 0.4) is 0 Å². The van der Waals surface area contributed by atoms with Crippen molar-refractivity contribution in [1.29, 1.82) is 0 Å². The molecule has 0 aliphatic carbocycles. The Bertz CT molecular complexity index is 575. The number of amides is 1. The van der Waals surface area contributed by atoms with Crippen molar-refractivity contribution in [3.8, 4) is 0 Å². The predicted molar refractivity (Wildman–Crippen MR) is 71.5 cm³/mol. The summed E-state index contributed by atoms with van der Waals surface area (Å²) in [6.07, 6.45) is 0.926. The van der Waals surface area contributed by atoms with Crippen molar-refractivity contribution in [2.75, 3.05) is 7.11 Å². The lowest BCUT2D eigenvalue weighted by Gasteiger charge is -2.06. The van der Waals surface area contributed by atoms with E-state index < -0.39 is 24.1 Å². The van der Waals surface area contributed by atoms with E-state index in [0.29, 0.717) is 5.56 Å². The number of halogens is 2. The van der Waals surface area contributed by atoms with Crippen molar-refractivity contribution >= 4 is 35.0 Å². The van der Waals surface area contributed by atoms with Crippen LogP contribution in [0.5, 0.6) is 0 Å². The molecule has 1 heterocycles. The molecule has 0 aliphatic heterocycles. The fraction of sp³-hybridized carbons (Fsp3) is 0.333. The molecule has 0 atom stereocenters. The van der Waals surface area contributed by atoms with Crippen LogP contribution in [0.15, 0.2) is 11.2 Å². The molecule has 108 valence electrons. The number of esters is 1. The van der Waals surface area contributed by atoms with Gasteiger partial charge in [0, 0.05) is 6.20 Å². The largest absolute Gasteiger partial charge is 0.469 e. The Morgan fingerprint density at radius 3 is 2.80 bits per heavy atom. The summed E-state index contributed by atoms with van der Waals surface area (Å²) >= 11 is 5.56. The maximum absolute atomic E-state index is 13.7. The maximum Gasteiger partial charge on any atom is 0.315 e. The molecular formula is C12H13ClFN3O3. The van der Waals surface area contributed by atoms with E-state index in [1.807, 2.05) is 0 Å². The van der Waals surface area contributed by atoms with Crippen LogP contribution in [0.1, 0.15) is 18.9 Å². The number of rotatable bonds is 3. The third-order valence-corrected chi connectivity index (χ3v) is 2.53. The Morgan fingerprint density at radius 2 is 2.20 bits per heavy atom. The first-order valence-corrected chi connectivity index (χ1v) is 5.95. The number of aliphatic imine (C=N–C) groups is 1. The fourth-order valence-electron chi connectivity index (χ4n) is 1.32. The van der Waals surface area contributed by atoms with Crippen molar-refractivity contribution in [3.63, 3.8) is 0 Å². The normalized spacial score (nSPS) is 11.2. The van der Waals surface area contributed by atoms with E-state index in [2.05, 4.69) is 20.0 Å². The Balaban J connectivity index is 2.87. The molecule has 0 aliphatic rings. The Morgan fingerprint density at radius 1 is 1.55 bits per heavy atom. The number of hydrogen-bond donors (Lipinski definition) is 1. The minimum absolute atomic E-state index is 0.0131. The van der Waals surface area contributed by atoms with Crippen LogP contribution in [-0.2, 0) is 14.3 Å². The second kappa shape index (κ2) is 6.95. The minimum atomic E-state index is -0.770. The number of nitrogens with zero attached hydrogens (tertiary/aromatic N) is 2. The molecule has 0 spiro atoms. The molecule has 0 saturated carbocycles. The quantitative estimate of drug-likeness (QED) is 0.304. The summed E-state index contributed by atoms with van der Waals surface area (Å²) in [5.41, 5.74) is 0.453. The van der Waals surface area contributed by atoms with E-state index in [-0.39, 0.29) is 16.7 Å². The molecule has 0 unspecified atom stereocenters. The van der Waals surface area contributed by atoms with E-state index in [1.165, 1.54) is 20.2 Å². The average Bonchev–Trinajstić information content (AvgIpc) is 2.38. The van der Waals surface area contributed by atoms with Gasteiger partial charge in [0.2, 0.25) is 5.91 Å². The van der Waals surface area contributed by atoms with Gasteiger partial charge in [-0.15, -0.1) is 0 Å². The fourth-order valence-corrected chi connectivity index (χ4v) is 1.46. The molecule has 1 rings (SSSR count). The molecule has 0 saturated heterocycles. The maximum atomic E-state index is 13.7. The van der Waals surface area contributed by atoms with Gasteiger partial charge in [0.1, 0.15) is 17.9 Å². The van der Waals surface area contributed by atoms with Gasteiger partial charge in [0.25, 0.3) is 0 Å². The molecule has 1 aromatic rings. The molecule has 20 heavy (non-hydrogen) atoms. The van der Waals surface area contributed by atoms with Gasteiger partial charge in [-0.3, -0.25) is 9.59 Å². The summed E-state index contributed by atoms with van der Waals surface area (Å²) in [6.45, 7) is 3.07. The topological polar surface area (TPSA) is 80.7 Å². The Kier molecular flexibility index (Phi) is 5.57. The van der Waals surface area contributed by atoms with E-state index in [0.717, 1.165) is 0 Å². The third kappa shape index (κ3) is 4.27. The minimum Gasteiger partial charge on any atom is -0.469 e. The van der Waals surface area contributed by atoms with Crippen molar-refractivity contribution in [1.82, 2.24) is 10.3 Å². The van der Waals surface area contributed by atoms with Crippen LogP contribution in [0.2, 0.25) is 5.15 Å². The highest BCUT2D eigenvalue weighted by molar-refractivity contribution is 6.29. The Hall–Kier alpha value is -2.02. The van der Waals surface area contributed by atoms with Crippen LogP contribution in [0.25, 0.3) is 0 Å². The van der Waals surface area contributed by atoms with Gasteiger partial charge in [0.05, 0.1) is 7.11 Å². The highest BCUT2D eigenvalue weighted by Gasteiger charge is 2.13. The van der Waals surface area contributed by atoms with Gasteiger partial charge in [-0.25, -0.2) is 14.4 Å². The van der Waals surface area contributed by atoms with Crippen LogP contribution in [0, 0.1) is 12.7 Å². The number of hydrogen-bond acceptors (Lipinski definition) is 5. The number of aromatic nitrogens is 1. The van der Waals surface area contributed by atoms with Gasteiger partial charge >= 0.3 is 5.97 Å². The number of nitrogens with one attached hydrogen (secondary N) is 1. The summed E-state index contributed by atoms with van der Waals surface area (Å²) in [4.78, 5) is 29.9. The Labute approximate surface area is 120 Å². The van der Waals surface area contributed by atoms with Crippen LogP contribution in [-0.4, -0.2) is 29.8 Å². The number of carbonyl (C=O) groups excluding carboxylic acids is 2. The molecule has 1 amide bonds. The van der Waals surface area contributed by atoms with E-state index in [9.17, 15) is 14.0 Å². The highest BCUT2D eigenvalue weighted by Crippen LogP contribution is 2.26. The van der Waals surface area contributed by atoms with E-state index >= 15 is 0 Å². The second-order valence-electron chi connectivity index (χ2n) is 3.89. The first-order valence-electron chi connectivity index (χ1n) is 5.57. The van der Waals surface area contributed by atoms with Crippen LogP contribution < -0.4 is 5.32 Å². The van der Waals surface area contributed by atoms with E-state index in [4.69, 9.17) is 11.6 Å². The molecule has 6 nitrogen and oxygen atoms in total.